The highest BCUT2D eigenvalue weighted by molar-refractivity contribution is 8.02. The number of amides is 1. The van der Waals surface area contributed by atoms with Gasteiger partial charge in [-0.25, -0.2) is 0 Å². The molecule has 1 aromatic carbocycles. The summed E-state index contributed by atoms with van der Waals surface area (Å²) in [4.78, 5) is 16.7. The summed E-state index contributed by atoms with van der Waals surface area (Å²) in [6, 6.07) is 8.98. The molecule has 2 N–H and O–H groups in total. The monoisotopic (exact) mass is 483 g/mol. The van der Waals surface area contributed by atoms with Gasteiger partial charge in [0.15, 0.2) is 4.34 Å². The Morgan fingerprint density at radius 3 is 2.56 bits per heavy atom. The maximum atomic E-state index is 12.7. The number of anilines is 2. The molecular formula is C20H20F3N5O2S2. The van der Waals surface area contributed by atoms with E-state index in [0.29, 0.717) is 21.7 Å². The first kappa shape index (κ1) is 23.8. The van der Waals surface area contributed by atoms with Crippen molar-refractivity contribution in [2.75, 3.05) is 5.32 Å². The van der Waals surface area contributed by atoms with Crippen molar-refractivity contribution in [2.45, 2.75) is 36.3 Å². The predicted octanol–water partition coefficient (Wildman–Crippen LogP) is 5.01. The summed E-state index contributed by atoms with van der Waals surface area (Å²) in [6.45, 7) is 4.28. The third-order valence-corrected chi connectivity index (χ3v) is 6.49. The molecule has 170 valence electrons. The molecule has 12 heteroatoms. The molecule has 1 unspecified atom stereocenters. The van der Waals surface area contributed by atoms with Gasteiger partial charge in [0.2, 0.25) is 11.0 Å². The van der Waals surface area contributed by atoms with Crippen molar-refractivity contribution < 1.29 is 22.7 Å². The minimum absolute atomic E-state index is 0.0513. The molecule has 0 bridgehead atoms. The number of carbonyl (C=O) groups excluding carboxylic acids is 1. The molecule has 3 aromatic rings. The first-order valence-electron chi connectivity index (χ1n) is 9.49. The first-order valence-corrected chi connectivity index (χ1v) is 11.2. The van der Waals surface area contributed by atoms with Crippen molar-refractivity contribution >= 4 is 39.8 Å². The molecule has 0 fully saturated rings. The van der Waals surface area contributed by atoms with Crippen molar-refractivity contribution in [1.82, 2.24) is 20.5 Å². The average molecular weight is 484 g/mol. The number of carbonyl (C=O) groups is 1. The third-order valence-electron chi connectivity index (χ3n) is 4.03. The number of hydrogen-bond acceptors (Lipinski definition) is 8. The van der Waals surface area contributed by atoms with Crippen LogP contribution in [-0.2, 0) is 11.3 Å². The number of hydrogen-bond donors (Lipinski definition) is 2. The van der Waals surface area contributed by atoms with E-state index in [-0.39, 0.29) is 22.8 Å². The highest BCUT2D eigenvalue weighted by atomic mass is 32.2. The molecule has 0 aliphatic rings. The number of pyridine rings is 1. The van der Waals surface area contributed by atoms with Crippen LogP contribution < -0.4 is 15.4 Å². The van der Waals surface area contributed by atoms with Crippen LogP contribution in [-0.4, -0.2) is 32.7 Å². The van der Waals surface area contributed by atoms with Crippen molar-refractivity contribution in [3.05, 3.63) is 54.4 Å². The summed E-state index contributed by atoms with van der Waals surface area (Å²) in [6.07, 6.45) is -1.37. The van der Waals surface area contributed by atoms with Gasteiger partial charge < -0.3 is 15.4 Å². The summed E-state index contributed by atoms with van der Waals surface area (Å²) in [7, 11) is 0. The lowest BCUT2D eigenvalue weighted by molar-refractivity contribution is -0.274. The van der Waals surface area contributed by atoms with Crippen LogP contribution in [0.2, 0.25) is 0 Å². The Labute approximate surface area is 190 Å². The molecule has 0 aliphatic carbocycles. The van der Waals surface area contributed by atoms with Crippen LogP contribution in [0, 0.1) is 5.92 Å². The van der Waals surface area contributed by atoms with E-state index in [2.05, 4.69) is 30.6 Å². The van der Waals surface area contributed by atoms with Crippen LogP contribution in [0.15, 0.2) is 53.1 Å². The number of nitrogens with zero attached hydrogens (tertiary/aromatic N) is 3. The summed E-state index contributed by atoms with van der Waals surface area (Å²) >= 11 is 2.56. The number of thioether (sulfide) groups is 1. The van der Waals surface area contributed by atoms with Crippen LogP contribution >= 0.6 is 23.1 Å². The predicted molar refractivity (Wildman–Crippen MR) is 117 cm³/mol. The summed E-state index contributed by atoms with van der Waals surface area (Å²) < 4.78 is 41.2. The number of benzene rings is 1. The number of rotatable bonds is 9. The zero-order valence-electron chi connectivity index (χ0n) is 17.1. The van der Waals surface area contributed by atoms with Crippen molar-refractivity contribution in [1.29, 1.82) is 0 Å². The van der Waals surface area contributed by atoms with E-state index in [1.807, 2.05) is 26.0 Å². The van der Waals surface area contributed by atoms with E-state index in [9.17, 15) is 18.0 Å². The maximum Gasteiger partial charge on any atom is 0.573 e. The highest BCUT2D eigenvalue weighted by Gasteiger charge is 2.31. The van der Waals surface area contributed by atoms with E-state index < -0.39 is 6.36 Å². The molecule has 2 aromatic heterocycles. The number of alkyl halides is 3. The second-order valence-electron chi connectivity index (χ2n) is 6.93. The molecule has 1 atom stereocenters. The van der Waals surface area contributed by atoms with E-state index in [1.54, 1.807) is 12.4 Å². The SMILES string of the molecule is CC(C)C(Sc1nnc(Nc2ccc(OC(F)(F)F)cc2)s1)C(=O)NCc1cccnc1. The van der Waals surface area contributed by atoms with Crippen LogP contribution in [0.25, 0.3) is 0 Å². The van der Waals surface area contributed by atoms with Crippen LogP contribution in [0.3, 0.4) is 0 Å². The molecule has 0 saturated carbocycles. The molecule has 1 amide bonds. The molecule has 0 saturated heterocycles. The van der Waals surface area contributed by atoms with Gasteiger partial charge in [0.1, 0.15) is 5.75 Å². The van der Waals surface area contributed by atoms with E-state index >= 15 is 0 Å². The summed E-state index contributed by atoms with van der Waals surface area (Å²) in [5.41, 5.74) is 1.43. The fourth-order valence-electron chi connectivity index (χ4n) is 2.56. The molecule has 32 heavy (non-hydrogen) atoms. The Morgan fingerprint density at radius 2 is 1.94 bits per heavy atom. The zero-order valence-corrected chi connectivity index (χ0v) is 18.7. The molecular weight excluding hydrogens is 463 g/mol. The van der Waals surface area contributed by atoms with Crippen molar-refractivity contribution in [2.24, 2.45) is 5.92 Å². The maximum absolute atomic E-state index is 12.7. The molecule has 0 radical (unpaired) electrons. The lowest BCUT2D eigenvalue weighted by atomic mass is 10.1. The Kier molecular flexibility index (Phi) is 7.91. The number of nitrogens with one attached hydrogen (secondary N) is 2. The Bertz CT molecular complexity index is 1010. The molecule has 0 spiro atoms. The van der Waals surface area contributed by atoms with Crippen LogP contribution in [0.1, 0.15) is 19.4 Å². The van der Waals surface area contributed by atoms with E-state index in [4.69, 9.17) is 0 Å². The highest BCUT2D eigenvalue weighted by Crippen LogP contribution is 2.34. The van der Waals surface area contributed by atoms with Gasteiger partial charge in [-0.3, -0.25) is 9.78 Å². The quantitative estimate of drug-likeness (QED) is 0.414. The first-order chi connectivity index (χ1) is 15.2. The van der Waals surface area contributed by atoms with Gasteiger partial charge in [-0.05, 0) is 41.8 Å². The van der Waals surface area contributed by atoms with Crippen molar-refractivity contribution in [3.8, 4) is 5.75 Å². The summed E-state index contributed by atoms with van der Waals surface area (Å²) in [5, 5.41) is 14.1. The number of aromatic nitrogens is 3. The second-order valence-corrected chi connectivity index (χ2v) is 9.30. The largest absolute Gasteiger partial charge is 0.573 e. The van der Waals surface area contributed by atoms with Crippen LogP contribution in [0.4, 0.5) is 24.0 Å². The Morgan fingerprint density at radius 1 is 1.19 bits per heavy atom. The number of halogens is 3. The minimum Gasteiger partial charge on any atom is -0.406 e. The van der Waals surface area contributed by atoms with Gasteiger partial charge in [-0.2, -0.15) is 0 Å². The average Bonchev–Trinajstić information content (AvgIpc) is 3.18. The van der Waals surface area contributed by atoms with Crippen molar-refractivity contribution in [3.63, 3.8) is 0 Å². The number of ether oxygens (including phenoxy) is 1. The molecule has 3 rings (SSSR count). The standard InChI is InChI=1S/C20H20F3N5O2S2/c1-12(2)16(17(29)25-11-13-4-3-9-24-10-13)31-19-28-27-18(32-19)26-14-5-7-15(8-6-14)30-20(21,22)23/h3-10,12,16H,11H2,1-2H3,(H,25,29)(H,26,27). The van der Waals surface area contributed by atoms with Gasteiger partial charge >= 0.3 is 6.36 Å². The summed E-state index contributed by atoms with van der Waals surface area (Å²) in [5.74, 6) is -0.372. The fourth-order valence-corrected chi connectivity index (χ4v) is 4.57. The van der Waals surface area contributed by atoms with Gasteiger partial charge in [-0.1, -0.05) is 43.0 Å². The van der Waals surface area contributed by atoms with Gasteiger partial charge in [0.25, 0.3) is 0 Å². The van der Waals surface area contributed by atoms with E-state index in [1.165, 1.54) is 47.4 Å². The lowest BCUT2D eigenvalue weighted by Crippen LogP contribution is -2.35. The van der Waals surface area contributed by atoms with Gasteiger partial charge in [-0.15, -0.1) is 23.4 Å². The van der Waals surface area contributed by atoms with Gasteiger partial charge in [0.05, 0.1) is 5.25 Å². The third kappa shape index (κ3) is 7.38. The molecule has 0 aliphatic heterocycles. The smallest absolute Gasteiger partial charge is 0.406 e. The zero-order chi connectivity index (χ0) is 23.1. The van der Waals surface area contributed by atoms with Gasteiger partial charge in [0, 0.05) is 24.6 Å². The Balaban J connectivity index is 1.57. The second kappa shape index (κ2) is 10.6. The molecule has 7 nitrogen and oxygen atoms in total. The minimum atomic E-state index is -4.74. The Hall–Kier alpha value is -2.86. The molecule has 2 heterocycles. The van der Waals surface area contributed by atoms with E-state index in [0.717, 1.165) is 5.56 Å². The normalized spacial score (nSPS) is 12.4. The van der Waals surface area contributed by atoms with Crippen LogP contribution in [0.5, 0.6) is 5.75 Å². The lowest BCUT2D eigenvalue weighted by Gasteiger charge is -2.18. The fraction of sp³-hybridized carbons (Fsp3) is 0.300. The topological polar surface area (TPSA) is 89.0 Å².